The summed E-state index contributed by atoms with van der Waals surface area (Å²) in [7, 11) is 0. The van der Waals surface area contributed by atoms with Crippen molar-refractivity contribution in [3.63, 3.8) is 0 Å². The number of H-pyrrole nitrogens is 1. The summed E-state index contributed by atoms with van der Waals surface area (Å²) in [6.07, 6.45) is -1.89. The lowest BCUT2D eigenvalue weighted by Gasteiger charge is -2.12. The number of carbonyl (C=O) groups is 2. The van der Waals surface area contributed by atoms with Gasteiger partial charge < -0.3 is 15.6 Å². The summed E-state index contributed by atoms with van der Waals surface area (Å²) in [4.78, 5) is 34.8. The van der Waals surface area contributed by atoms with Crippen LogP contribution < -0.4 is 10.6 Å². The van der Waals surface area contributed by atoms with Crippen LogP contribution in [0.2, 0.25) is 0 Å². The number of imidazole rings is 1. The molecule has 0 saturated carbocycles. The SMILES string of the molecule is Cc1ccc(NC(=O)c2[nH]c(C(F)(F)F)nc2-c2ccc(F)cc2)cc1NC(=O)c1ccncc1. The van der Waals surface area contributed by atoms with Crippen LogP contribution >= 0.6 is 0 Å². The highest BCUT2D eigenvalue weighted by molar-refractivity contribution is 6.08. The van der Waals surface area contributed by atoms with Crippen molar-refractivity contribution < 1.29 is 27.2 Å². The second kappa shape index (κ2) is 9.37. The van der Waals surface area contributed by atoms with E-state index in [-0.39, 0.29) is 16.9 Å². The highest BCUT2D eigenvalue weighted by Gasteiger charge is 2.37. The third-order valence-electron chi connectivity index (χ3n) is 5.00. The molecule has 0 radical (unpaired) electrons. The first-order chi connectivity index (χ1) is 16.6. The molecule has 0 bridgehead atoms. The van der Waals surface area contributed by atoms with Gasteiger partial charge in [0.1, 0.15) is 17.2 Å². The molecule has 0 atom stereocenters. The van der Waals surface area contributed by atoms with Crippen molar-refractivity contribution in [3.05, 3.63) is 95.5 Å². The average molecular weight is 483 g/mol. The maximum atomic E-state index is 13.3. The summed E-state index contributed by atoms with van der Waals surface area (Å²) in [5, 5.41) is 5.24. The molecular formula is C24H17F4N5O2. The fraction of sp³-hybridized carbons (Fsp3) is 0.0833. The lowest BCUT2D eigenvalue weighted by atomic mass is 10.1. The number of aryl methyl sites for hydroxylation is 1. The Morgan fingerprint density at radius 1 is 0.914 bits per heavy atom. The Balaban J connectivity index is 1.62. The first-order valence-corrected chi connectivity index (χ1v) is 10.2. The van der Waals surface area contributed by atoms with Crippen LogP contribution in [0.15, 0.2) is 67.0 Å². The lowest BCUT2D eigenvalue weighted by Crippen LogP contribution is -2.16. The molecule has 2 heterocycles. The number of alkyl halides is 3. The largest absolute Gasteiger partial charge is 0.449 e. The molecular weight excluding hydrogens is 466 g/mol. The van der Waals surface area contributed by atoms with E-state index in [4.69, 9.17) is 0 Å². The van der Waals surface area contributed by atoms with Crippen LogP contribution in [0.3, 0.4) is 0 Å². The number of anilines is 2. The zero-order chi connectivity index (χ0) is 25.2. The number of nitrogens with one attached hydrogen (secondary N) is 3. The zero-order valence-electron chi connectivity index (χ0n) is 18.1. The third kappa shape index (κ3) is 5.35. The van der Waals surface area contributed by atoms with E-state index in [9.17, 15) is 27.2 Å². The van der Waals surface area contributed by atoms with Crippen molar-refractivity contribution in [1.82, 2.24) is 15.0 Å². The van der Waals surface area contributed by atoms with E-state index in [2.05, 4.69) is 20.6 Å². The van der Waals surface area contributed by atoms with Crippen molar-refractivity contribution in [2.24, 2.45) is 0 Å². The number of aromatic amines is 1. The van der Waals surface area contributed by atoms with Crippen LogP contribution in [0, 0.1) is 12.7 Å². The van der Waals surface area contributed by atoms with Gasteiger partial charge in [-0.05, 0) is 61.0 Å². The summed E-state index contributed by atoms with van der Waals surface area (Å²) in [5.41, 5.74) is 1.06. The molecule has 0 aliphatic carbocycles. The Morgan fingerprint density at radius 2 is 1.60 bits per heavy atom. The Labute approximate surface area is 196 Å². The van der Waals surface area contributed by atoms with Gasteiger partial charge >= 0.3 is 6.18 Å². The molecule has 178 valence electrons. The molecule has 4 rings (SSSR count). The van der Waals surface area contributed by atoms with Gasteiger partial charge in [0.05, 0.1) is 0 Å². The van der Waals surface area contributed by atoms with Crippen LogP contribution in [0.4, 0.5) is 28.9 Å². The molecule has 0 spiro atoms. The molecule has 4 aromatic rings. The molecule has 0 fully saturated rings. The molecule has 0 unspecified atom stereocenters. The van der Waals surface area contributed by atoms with Crippen LogP contribution in [0.5, 0.6) is 0 Å². The number of pyridine rings is 1. The van der Waals surface area contributed by atoms with Gasteiger partial charge in [0.15, 0.2) is 0 Å². The third-order valence-corrected chi connectivity index (χ3v) is 5.00. The molecule has 3 N–H and O–H groups in total. The van der Waals surface area contributed by atoms with Crippen molar-refractivity contribution in [3.8, 4) is 11.3 Å². The van der Waals surface area contributed by atoms with Crippen LogP contribution in [-0.2, 0) is 6.18 Å². The maximum absolute atomic E-state index is 13.3. The summed E-state index contributed by atoms with van der Waals surface area (Å²) in [6.45, 7) is 1.74. The van der Waals surface area contributed by atoms with Gasteiger partial charge in [-0.25, -0.2) is 9.37 Å². The number of amides is 2. The van der Waals surface area contributed by atoms with Gasteiger partial charge in [-0.3, -0.25) is 14.6 Å². The quantitative estimate of drug-likeness (QED) is 0.329. The highest BCUT2D eigenvalue weighted by atomic mass is 19.4. The number of halogens is 4. The fourth-order valence-electron chi connectivity index (χ4n) is 3.21. The summed E-state index contributed by atoms with van der Waals surface area (Å²) in [5.74, 6) is -3.26. The second-order valence-corrected chi connectivity index (χ2v) is 7.49. The van der Waals surface area contributed by atoms with E-state index in [1.807, 2.05) is 4.98 Å². The molecule has 2 aromatic carbocycles. The van der Waals surface area contributed by atoms with Crippen LogP contribution in [-0.4, -0.2) is 26.8 Å². The molecule has 0 aliphatic rings. The Hall–Kier alpha value is -4.54. The smallest absolute Gasteiger partial charge is 0.330 e. The predicted molar refractivity (Wildman–Crippen MR) is 120 cm³/mol. The topological polar surface area (TPSA) is 99.8 Å². The first kappa shape index (κ1) is 23.6. The van der Waals surface area contributed by atoms with Crippen LogP contribution in [0.25, 0.3) is 11.3 Å². The van der Waals surface area contributed by atoms with Gasteiger partial charge in [-0.15, -0.1) is 0 Å². The minimum absolute atomic E-state index is 0.123. The van der Waals surface area contributed by atoms with Gasteiger partial charge in [0.25, 0.3) is 11.8 Å². The number of hydrogen-bond donors (Lipinski definition) is 3. The van der Waals surface area contributed by atoms with Gasteiger partial charge in [0, 0.05) is 34.9 Å². The predicted octanol–water partition coefficient (Wildman–Crippen LogP) is 5.44. The van der Waals surface area contributed by atoms with E-state index >= 15 is 0 Å². The summed E-state index contributed by atoms with van der Waals surface area (Å²) in [6, 6.07) is 12.3. The van der Waals surface area contributed by atoms with E-state index in [1.165, 1.54) is 48.8 Å². The van der Waals surface area contributed by atoms with Crippen LogP contribution in [0.1, 0.15) is 32.2 Å². The second-order valence-electron chi connectivity index (χ2n) is 7.49. The summed E-state index contributed by atoms with van der Waals surface area (Å²) < 4.78 is 53.1. The number of benzene rings is 2. The monoisotopic (exact) mass is 483 g/mol. The molecule has 7 nitrogen and oxygen atoms in total. The van der Waals surface area contributed by atoms with Crippen molar-refractivity contribution in [2.45, 2.75) is 13.1 Å². The number of nitrogens with zero attached hydrogens (tertiary/aromatic N) is 2. The summed E-state index contributed by atoms with van der Waals surface area (Å²) >= 11 is 0. The number of rotatable bonds is 5. The standard InChI is InChI=1S/C24H17F4N5O2/c1-13-2-7-17(12-18(13)31-21(34)15-8-10-29-11-9-15)30-22(35)20-19(14-3-5-16(25)6-4-14)32-23(33-20)24(26,27)28/h2-12H,1H3,(H,30,35)(H,31,34)(H,32,33). The number of hydrogen-bond acceptors (Lipinski definition) is 4. The Bertz CT molecular complexity index is 1380. The molecule has 0 aliphatic heterocycles. The molecule has 0 saturated heterocycles. The maximum Gasteiger partial charge on any atom is 0.449 e. The molecule has 35 heavy (non-hydrogen) atoms. The van der Waals surface area contributed by atoms with E-state index in [0.29, 0.717) is 16.8 Å². The first-order valence-electron chi connectivity index (χ1n) is 10.2. The Kier molecular flexibility index (Phi) is 6.32. The minimum atomic E-state index is -4.83. The van der Waals surface area contributed by atoms with E-state index in [1.54, 1.807) is 13.0 Å². The molecule has 2 aromatic heterocycles. The van der Waals surface area contributed by atoms with Gasteiger partial charge in [0.2, 0.25) is 5.82 Å². The fourth-order valence-corrected chi connectivity index (χ4v) is 3.21. The molecule has 2 amide bonds. The van der Waals surface area contributed by atoms with Gasteiger partial charge in [-0.1, -0.05) is 6.07 Å². The van der Waals surface area contributed by atoms with E-state index < -0.39 is 35.3 Å². The number of carbonyl (C=O) groups excluding carboxylic acids is 2. The van der Waals surface area contributed by atoms with E-state index in [0.717, 1.165) is 12.1 Å². The zero-order valence-corrected chi connectivity index (χ0v) is 18.1. The number of aromatic nitrogens is 3. The minimum Gasteiger partial charge on any atom is -0.330 e. The molecule has 11 heteroatoms. The van der Waals surface area contributed by atoms with Gasteiger partial charge in [-0.2, -0.15) is 13.2 Å². The lowest BCUT2D eigenvalue weighted by molar-refractivity contribution is -0.144. The normalized spacial score (nSPS) is 11.2. The van der Waals surface area contributed by atoms with Crippen molar-refractivity contribution >= 4 is 23.2 Å². The van der Waals surface area contributed by atoms with Crippen molar-refractivity contribution in [1.29, 1.82) is 0 Å². The van der Waals surface area contributed by atoms with Crippen molar-refractivity contribution in [2.75, 3.05) is 10.6 Å². The highest BCUT2D eigenvalue weighted by Crippen LogP contribution is 2.32. The average Bonchev–Trinajstić information content (AvgIpc) is 3.29. The Morgan fingerprint density at radius 3 is 2.26 bits per heavy atom.